The van der Waals surface area contributed by atoms with E-state index in [1.807, 2.05) is 30.3 Å². The van der Waals surface area contributed by atoms with E-state index >= 15 is 0 Å². The lowest BCUT2D eigenvalue weighted by atomic mass is 10.2. The van der Waals surface area contributed by atoms with Gasteiger partial charge in [-0.2, -0.15) is 0 Å². The number of carbonyl (C=O) groups is 1. The highest BCUT2D eigenvalue weighted by molar-refractivity contribution is 5.95. The number of benzene rings is 1. The van der Waals surface area contributed by atoms with Crippen LogP contribution in [-0.4, -0.2) is 35.9 Å². The maximum atomic E-state index is 11.6. The molecule has 0 saturated heterocycles. The van der Waals surface area contributed by atoms with Gasteiger partial charge in [-0.1, -0.05) is 30.0 Å². The molecule has 1 aromatic heterocycles. The van der Waals surface area contributed by atoms with E-state index in [0.29, 0.717) is 19.6 Å². The Morgan fingerprint density at radius 1 is 1.24 bits per heavy atom. The second kappa shape index (κ2) is 7.67. The van der Waals surface area contributed by atoms with Crippen LogP contribution >= 0.6 is 0 Å². The quantitative estimate of drug-likeness (QED) is 0.528. The number of carbonyl (C=O) groups excluding carboxylic acids is 1. The van der Waals surface area contributed by atoms with E-state index in [1.165, 1.54) is 0 Å². The predicted octanol–water partition coefficient (Wildman–Crippen LogP) is 0.0229. The summed E-state index contributed by atoms with van der Waals surface area (Å²) in [5.41, 5.74) is 6.38. The molecule has 2 aromatic rings. The number of nitrogen functional groups attached to an aromatic ring is 1. The summed E-state index contributed by atoms with van der Waals surface area (Å²) in [4.78, 5) is 11.6. The van der Waals surface area contributed by atoms with Gasteiger partial charge in [0.25, 0.3) is 5.91 Å². The Kier molecular flexibility index (Phi) is 5.32. The molecule has 0 unspecified atom stereocenters. The third kappa shape index (κ3) is 4.63. The van der Waals surface area contributed by atoms with Crippen molar-refractivity contribution in [1.82, 2.24) is 20.9 Å². The molecule has 7 heteroatoms. The fourth-order valence-corrected chi connectivity index (χ4v) is 1.52. The Bertz CT molecular complexity index is 642. The van der Waals surface area contributed by atoms with Crippen LogP contribution in [0.4, 0.5) is 5.82 Å². The summed E-state index contributed by atoms with van der Waals surface area (Å²) < 4.78 is 4.35. The summed E-state index contributed by atoms with van der Waals surface area (Å²) in [6.07, 6.45) is 0. The van der Waals surface area contributed by atoms with E-state index in [0.717, 1.165) is 5.56 Å². The summed E-state index contributed by atoms with van der Waals surface area (Å²) in [7, 11) is 0. The van der Waals surface area contributed by atoms with Crippen LogP contribution in [0.2, 0.25) is 0 Å². The second-order valence-electron chi connectivity index (χ2n) is 4.10. The largest absolute Gasteiger partial charge is 0.379 e. The first-order valence-corrected chi connectivity index (χ1v) is 6.38. The molecule has 0 radical (unpaired) electrons. The highest BCUT2D eigenvalue weighted by Crippen LogP contribution is 2.02. The lowest BCUT2D eigenvalue weighted by molar-refractivity contribution is 0.0945. The van der Waals surface area contributed by atoms with Gasteiger partial charge >= 0.3 is 0 Å². The van der Waals surface area contributed by atoms with Crippen molar-refractivity contribution in [1.29, 1.82) is 0 Å². The van der Waals surface area contributed by atoms with Gasteiger partial charge in [-0.05, 0) is 22.4 Å². The van der Waals surface area contributed by atoms with Gasteiger partial charge in [0, 0.05) is 18.7 Å². The molecule has 0 fully saturated rings. The van der Waals surface area contributed by atoms with Gasteiger partial charge in [-0.3, -0.25) is 4.79 Å². The molecule has 1 aromatic carbocycles. The van der Waals surface area contributed by atoms with Crippen LogP contribution in [0.3, 0.4) is 0 Å². The topological polar surface area (TPSA) is 106 Å². The molecule has 0 aliphatic carbocycles. The molecule has 0 bridgehead atoms. The molecule has 0 atom stereocenters. The number of hydrogen-bond acceptors (Lipinski definition) is 6. The Morgan fingerprint density at radius 2 is 2.05 bits per heavy atom. The summed E-state index contributed by atoms with van der Waals surface area (Å²) in [6, 6.07) is 9.73. The maximum Gasteiger partial charge on any atom is 0.277 e. The fraction of sp³-hybridized carbons (Fsp3) is 0.214. The second-order valence-corrected chi connectivity index (χ2v) is 4.10. The van der Waals surface area contributed by atoms with Crippen LogP contribution in [-0.2, 0) is 0 Å². The smallest absolute Gasteiger partial charge is 0.277 e. The minimum absolute atomic E-state index is 0.00105. The Morgan fingerprint density at radius 3 is 2.76 bits per heavy atom. The molecule has 1 amide bonds. The predicted molar refractivity (Wildman–Crippen MR) is 77.2 cm³/mol. The molecule has 0 spiro atoms. The van der Waals surface area contributed by atoms with Crippen LogP contribution in [0.25, 0.3) is 0 Å². The highest BCUT2D eigenvalue weighted by atomic mass is 16.6. The van der Waals surface area contributed by atoms with E-state index in [2.05, 4.69) is 37.4 Å². The molecule has 4 N–H and O–H groups in total. The van der Waals surface area contributed by atoms with Gasteiger partial charge in [0.1, 0.15) is 0 Å². The molecule has 2 rings (SSSR count). The number of anilines is 1. The molecular weight excluding hydrogens is 270 g/mol. The van der Waals surface area contributed by atoms with E-state index in [-0.39, 0.29) is 11.5 Å². The van der Waals surface area contributed by atoms with Crippen molar-refractivity contribution in [2.75, 3.05) is 25.4 Å². The van der Waals surface area contributed by atoms with E-state index < -0.39 is 5.91 Å². The van der Waals surface area contributed by atoms with Gasteiger partial charge in [0.2, 0.25) is 11.5 Å². The Balaban J connectivity index is 1.62. The Hall–Kier alpha value is -2.85. The number of nitrogens with one attached hydrogen (secondary N) is 2. The van der Waals surface area contributed by atoms with Crippen LogP contribution in [0.1, 0.15) is 16.1 Å². The monoisotopic (exact) mass is 285 g/mol. The van der Waals surface area contributed by atoms with Gasteiger partial charge in [-0.15, -0.1) is 0 Å². The van der Waals surface area contributed by atoms with Crippen LogP contribution < -0.4 is 16.4 Å². The van der Waals surface area contributed by atoms with Crippen molar-refractivity contribution in [2.45, 2.75) is 0 Å². The zero-order valence-electron chi connectivity index (χ0n) is 11.3. The lowest BCUT2D eigenvalue weighted by Gasteiger charge is -2.02. The summed E-state index contributed by atoms with van der Waals surface area (Å²) in [5.74, 6) is 5.59. The number of hydrogen-bond donors (Lipinski definition) is 3. The first kappa shape index (κ1) is 14.6. The van der Waals surface area contributed by atoms with E-state index in [4.69, 9.17) is 5.73 Å². The molecule has 1 heterocycles. The van der Waals surface area contributed by atoms with Gasteiger partial charge < -0.3 is 16.4 Å². The van der Waals surface area contributed by atoms with Crippen LogP contribution in [0.5, 0.6) is 0 Å². The number of rotatable bonds is 5. The normalized spacial score (nSPS) is 9.71. The zero-order chi connectivity index (χ0) is 14.9. The molecule has 21 heavy (non-hydrogen) atoms. The molecule has 7 nitrogen and oxygen atoms in total. The Labute approximate surface area is 121 Å². The third-order valence-electron chi connectivity index (χ3n) is 2.54. The van der Waals surface area contributed by atoms with E-state index in [1.54, 1.807) is 0 Å². The molecule has 108 valence electrons. The number of amides is 1. The van der Waals surface area contributed by atoms with Crippen molar-refractivity contribution in [3.05, 3.63) is 41.6 Å². The van der Waals surface area contributed by atoms with E-state index in [9.17, 15) is 4.79 Å². The average Bonchev–Trinajstić information content (AvgIpc) is 2.93. The third-order valence-corrected chi connectivity index (χ3v) is 2.54. The minimum Gasteiger partial charge on any atom is -0.379 e. The van der Waals surface area contributed by atoms with Crippen molar-refractivity contribution in [3.8, 4) is 11.8 Å². The maximum absolute atomic E-state index is 11.6. The van der Waals surface area contributed by atoms with Gasteiger partial charge in [0.05, 0.1) is 6.54 Å². The standard InChI is InChI=1S/C14H15N5O2/c15-13-12(18-21-19-13)14(20)17-10-9-16-8-4-7-11-5-2-1-3-6-11/h1-3,5-6,16H,8-10H2,(H2,15,19)(H,17,20). The fourth-order valence-electron chi connectivity index (χ4n) is 1.52. The van der Waals surface area contributed by atoms with Crippen molar-refractivity contribution in [3.63, 3.8) is 0 Å². The summed E-state index contributed by atoms with van der Waals surface area (Å²) in [5, 5.41) is 12.5. The highest BCUT2D eigenvalue weighted by Gasteiger charge is 2.14. The van der Waals surface area contributed by atoms with Crippen molar-refractivity contribution in [2.24, 2.45) is 0 Å². The number of nitrogens with two attached hydrogens (primary N) is 1. The lowest BCUT2D eigenvalue weighted by Crippen LogP contribution is -2.32. The average molecular weight is 285 g/mol. The van der Waals surface area contributed by atoms with Gasteiger partial charge in [-0.25, -0.2) is 4.63 Å². The molecule has 0 saturated carbocycles. The van der Waals surface area contributed by atoms with Gasteiger partial charge in [0.15, 0.2) is 0 Å². The molecule has 0 aliphatic heterocycles. The SMILES string of the molecule is Nc1nonc1C(=O)NCCNCC#Cc1ccccc1. The molecular formula is C14H15N5O2. The minimum atomic E-state index is -0.411. The van der Waals surface area contributed by atoms with Crippen LogP contribution in [0, 0.1) is 11.8 Å². The first-order valence-electron chi connectivity index (χ1n) is 6.38. The first-order chi connectivity index (χ1) is 10.3. The number of aromatic nitrogens is 2. The number of nitrogens with zero attached hydrogens (tertiary/aromatic N) is 2. The van der Waals surface area contributed by atoms with Crippen molar-refractivity contribution >= 4 is 11.7 Å². The zero-order valence-corrected chi connectivity index (χ0v) is 11.3. The van der Waals surface area contributed by atoms with Crippen molar-refractivity contribution < 1.29 is 9.42 Å². The molecule has 0 aliphatic rings. The van der Waals surface area contributed by atoms with Crippen LogP contribution in [0.15, 0.2) is 35.0 Å². The summed E-state index contributed by atoms with van der Waals surface area (Å²) >= 11 is 0. The summed E-state index contributed by atoms with van der Waals surface area (Å²) in [6.45, 7) is 1.55.